The van der Waals surface area contributed by atoms with E-state index in [1.54, 1.807) is 13.2 Å². The first kappa shape index (κ1) is 18.9. The number of methoxy groups -OCH3 is 1. The van der Waals surface area contributed by atoms with Gasteiger partial charge >= 0.3 is 6.16 Å². The molecule has 3 N–H and O–H groups in total. The first-order valence-electron chi connectivity index (χ1n) is 8.39. The van der Waals surface area contributed by atoms with Gasteiger partial charge in [-0.25, -0.2) is 9.78 Å². The number of amides is 1. The van der Waals surface area contributed by atoms with Crippen LogP contribution < -0.4 is 14.8 Å². The number of carbonyl (C=O) groups excluding carboxylic acids is 1. The average Bonchev–Trinajstić information content (AvgIpc) is 3.14. The molecule has 0 bridgehead atoms. The van der Waals surface area contributed by atoms with Gasteiger partial charge in [0.25, 0.3) is 5.91 Å². The molecule has 0 fully saturated rings. The van der Waals surface area contributed by atoms with Crippen molar-refractivity contribution in [3.05, 3.63) is 65.5 Å². The maximum Gasteiger partial charge on any atom is 0.512 e. The summed E-state index contributed by atoms with van der Waals surface area (Å²) in [6.45, 7) is 0. The van der Waals surface area contributed by atoms with Crippen LogP contribution >= 0.6 is 0 Å². The number of hydrogen-bond acceptors (Lipinski definition) is 6. The highest BCUT2D eigenvalue weighted by atomic mass is 16.7. The van der Waals surface area contributed by atoms with E-state index in [2.05, 4.69) is 25.2 Å². The number of aromatic amines is 1. The maximum atomic E-state index is 12.2. The fraction of sp³-hybridized carbons (Fsp3) is 0.158. The second kappa shape index (κ2) is 8.67. The van der Waals surface area contributed by atoms with Crippen molar-refractivity contribution in [3.63, 3.8) is 0 Å². The van der Waals surface area contributed by atoms with Gasteiger partial charge in [-0.1, -0.05) is 12.1 Å². The van der Waals surface area contributed by atoms with Crippen molar-refractivity contribution < 1.29 is 24.2 Å². The predicted octanol–water partition coefficient (Wildman–Crippen LogP) is 2.91. The Balaban J connectivity index is 1.56. The number of hydrogen-bond donors (Lipinski definition) is 3. The molecular formula is C19H18N4O5. The number of aryl methyl sites for hydroxylation is 2. The molecule has 9 nitrogen and oxygen atoms in total. The van der Waals surface area contributed by atoms with Gasteiger partial charge in [-0.05, 0) is 36.6 Å². The van der Waals surface area contributed by atoms with E-state index in [0.717, 1.165) is 29.8 Å². The molecule has 144 valence electrons. The van der Waals surface area contributed by atoms with Crippen LogP contribution in [-0.2, 0) is 12.8 Å². The summed E-state index contributed by atoms with van der Waals surface area (Å²) in [7, 11) is 1.63. The zero-order valence-electron chi connectivity index (χ0n) is 15.0. The van der Waals surface area contributed by atoms with Gasteiger partial charge in [-0.3, -0.25) is 9.89 Å². The standard InChI is InChI=1S/C19H18N4O5/c1-27-15-4-2-3-12(9-15)5-7-14-10-16(23-22-14)21-18(24)13-6-8-17(20-11-13)28-19(25)26/h2-4,6,8-11H,5,7H2,1H3,(H,25,26)(H2,21,22,23,24). The lowest BCUT2D eigenvalue weighted by Gasteiger charge is -2.03. The molecule has 3 aromatic rings. The lowest BCUT2D eigenvalue weighted by molar-refractivity contribution is 0.102. The quantitative estimate of drug-likeness (QED) is 0.536. The van der Waals surface area contributed by atoms with Crippen molar-refractivity contribution in [2.24, 2.45) is 0 Å². The molecule has 0 unspecified atom stereocenters. The summed E-state index contributed by atoms with van der Waals surface area (Å²) < 4.78 is 9.61. The number of carboxylic acid groups (broad SMARTS) is 1. The van der Waals surface area contributed by atoms with Crippen LogP contribution in [0.25, 0.3) is 0 Å². The Morgan fingerprint density at radius 2 is 2.04 bits per heavy atom. The van der Waals surface area contributed by atoms with Crippen LogP contribution in [0, 0.1) is 0 Å². The summed E-state index contributed by atoms with van der Waals surface area (Å²) in [5, 5.41) is 18.2. The highest BCUT2D eigenvalue weighted by molar-refractivity contribution is 6.03. The monoisotopic (exact) mass is 382 g/mol. The second-order valence-corrected chi connectivity index (χ2v) is 5.84. The minimum absolute atomic E-state index is 0.108. The first-order valence-corrected chi connectivity index (χ1v) is 8.39. The third-order valence-corrected chi connectivity index (χ3v) is 3.88. The third kappa shape index (κ3) is 5.07. The number of aromatic nitrogens is 3. The second-order valence-electron chi connectivity index (χ2n) is 5.84. The van der Waals surface area contributed by atoms with Crippen LogP contribution in [0.5, 0.6) is 11.6 Å². The van der Waals surface area contributed by atoms with E-state index in [0.29, 0.717) is 5.82 Å². The number of anilines is 1. The Morgan fingerprint density at radius 3 is 2.75 bits per heavy atom. The van der Waals surface area contributed by atoms with Crippen molar-refractivity contribution >= 4 is 17.9 Å². The van der Waals surface area contributed by atoms with E-state index in [1.807, 2.05) is 24.3 Å². The van der Waals surface area contributed by atoms with E-state index in [-0.39, 0.29) is 11.4 Å². The van der Waals surface area contributed by atoms with Gasteiger partial charge in [-0.15, -0.1) is 0 Å². The minimum atomic E-state index is -1.47. The molecule has 2 aromatic heterocycles. The zero-order chi connectivity index (χ0) is 19.9. The highest BCUT2D eigenvalue weighted by Gasteiger charge is 2.11. The molecule has 0 atom stereocenters. The normalized spacial score (nSPS) is 10.3. The van der Waals surface area contributed by atoms with Crippen LogP contribution in [0.3, 0.4) is 0 Å². The predicted molar refractivity (Wildman–Crippen MR) is 99.8 cm³/mol. The van der Waals surface area contributed by atoms with Crippen LogP contribution in [0.4, 0.5) is 10.6 Å². The van der Waals surface area contributed by atoms with Crippen LogP contribution in [-0.4, -0.2) is 39.5 Å². The van der Waals surface area contributed by atoms with E-state index >= 15 is 0 Å². The van der Waals surface area contributed by atoms with Gasteiger partial charge in [0.2, 0.25) is 5.88 Å². The summed E-state index contributed by atoms with van der Waals surface area (Å²) >= 11 is 0. The molecule has 0 aliphatic carbocycles. The molecule has 3 rings (SSSR count). The molecule has 9 heteroatoms. The smallest absolute Gasteiger partial charge is 0.497 e. The lowest BCUT2D eigenvalue weighted by Crippen LogP contribution is -2.13. The number of rotatable bonds is 7. The summed E-state index contributed by atoms with van der Waals surface area (Å²) in [5.74, 6) is 0.670. The van der Waals surface area contributed by atoms with Crippen molar-refractivity contribution in [2.75, 3.05) is 12.4 Å². The maximum absolute atomic E-state index is 12.2. The Morgan fingerprint density at radius 1 is 1.18 bits per heavy atom. The van der Waals surface area contributed by atoms with Crippen molar-refractivity contribution in [1.82, 2.24) is 15.2 Å². The summed E-state index contributed by atoms with van der Waals surface area (Å²) in [6.07, 6.45) is 1.27. The van der Waals surface area contributed by atoms with Crippen LogP contribution in [0.15, 0.2) is 48.7 Å². The fourth-order valence-corrected chi connectivity index (χ4v) is 2.51. The van der Waals surface area contributed by atoms with Gasteiger partial charge in [0.05, 0.1) is 12.7 Å². The summed E-state index contributed by atoms with van der Waals surface area (Å²) in [4.78, 5) is 26.4. The topological polar surface area (TPSA) is 126 Å². The molecule has 2 heterocycles. The molecular weight excluding hydrogens is 364 g/mol. The molecule has 0 aliphatic heterocycles. The van der Waals surface area contributed by atoms with E-state index in [9.17, 15) is 9.59 Å². The Kier molecular flexibility index (Phi) is 5.85. The van der Waals surface area contributed by atoms with Gasteiger partial charge in [-0.2, -0.15) is 5.10 Å². The largest absolute Gasteiger partial charge is 0.512 e. The zero-order valence-corrected chi connectivity index (χ0v) is 15.0. The van der Waals surface area contributed by atoms with Gasteiger partial charge in [0, 0.05) is 24.0 Å². The molecule has 0 saturated heterocycles. The number of carbonyl (C=O) groups is 2. The molecule has 0 radical (unpaired) electrons. The lowest BCUT2D eigenvalue weighted by atomic mass is 10.1. The van der Waals surface area contributed by atoms with E-state index < -0.39 is 12.1 Å². The molecule has 0 aliphatic rings. The molecule has 0 spiro atoms. The van der Waals surface area contributed by atoms with Crippen molar-refractivity contribution in [3.8, 4) is 11.6 Å². The number of H-pyrrole nitrogens is 1. The Bertz CT molecular complexity index is 968. The Labute approximate surface area is 160 Å². The highest BCUT2D eigenvalue weighted by Crippen LogP contribution is 2.16. The SMILES string of the molecule is COc1cccc(CCc2cc(NC(=O)c3ccc(OC(=O)O)nc3)n[nH]2)c1. The minimum Gasteiger partial charge on any atom is -0.497 e. The van der Waals surface area contributed by atoms with Crippen LogP contribution in [0.2, 0.25) is 0 Å². The number of nitrogens with zero attached hydrogens (tertiary/aromatic N) is 2. The van der Waals surface area contributed by atoms with Gasteiger partial charge < -0.3 is 19.9 Å². The Hall–Kier alpha value is -3.88. The summed E-state index contributed by atoms with van der Waals surface area (Å²) in [5.41, 5.74) is 2.26. The molecule has 1 amide bonds. The fourth-order valence-electron chi connectivity index (χ4n) is 2.51. The number of pyridine rings is 1. The molecule has 1 aromatic carbocycles. The van der Waals surface area contributed by atoms with E-state index in [4.69, 9.17) is 9.84 Å². The van der Waals surface area contributed by atoms with Gasteiger partial charge in [0.15, 0.2) is 5.82 Å². The molecule has 0 saturated carbocycles. The van der Waals surface area contributed by atoms with Crippen molar-refractivity contribution in [2.45, 2.75) is 12.8 Å². The van der Waals surface area contributed by atoms with E-state index in [1.165, 1.54) is 18.3 Å². The number of nitrogens with one attached hydrogen (secondary N) is 2. The van der Waals surface area contributed by atoms with Gasteiger partial charge in [0.1, 0.15) is 5.75 Å². The number of ether oxygens (including phenoxy) is 2. The molecule has 28 heavy (non-hydrogen) atoms. The average molecular weight is 382 g/mol. The first-order chi connectivity index (χ1) is 13.5. The van der Waals surface area contributed by atoms with Crippen molar-refractivity contribution in [1.29, 1.82) is 0 Å². The third-order valence-electron chi connectivity index (χ3n) is 3.88. The van der Waals surface area contributed by atoms with Crippen LogP contribution in [0.1, 0.15) is 21.6 Å². The number of benzene rings is 1. The summed E-state index contributed by atoms with van der Waals surface area (Å²) in [6, 6.07) is 12.3.